The van der Waals surface area contributed by atoms with Crippen molar-refractivity contribution < 1.29 is 17.9 Å². The summed E-state index contributed by atoms with van der Waals surface area (Å²) in [7, 11) is 0. The summed E-state index contributed by atoms with van der Waals surface area (Å²) in [5.74, 6) is 1.07. The monoisotopic (exact) mass is 503 g/mol. The second-order valence-electron chi connectivity index (χ2n) is 9.48. The van der Waals surface area contributed by atoms with E-state index >= 15 is 0 Å². The minimum absolute atomic E-state index is 0.146. The average Bonchev–Trinajstić information content (AvgIpc) is 3.29. The molecular weight excluding hydrogens is 471 g/mol. The predicted molar refractivity (Wildman–Crippen MR) is 133 cm³/mol. The van der Waals surface area contributed by atoms with Crippen molar-refractivity contribution in [3.8, 4) is 5.82 Å². The first-order chi connectivity index (χ1) is 17.5. The molecule has 1 saturated heterocycles. The third-order valence-corrected chi connectivity index (χ3v) is 6.79. The van der Waals surface area contributed by atoms with E-state index in [2.05, 4.69) is 25.5 Å². The molecule has 5 rings (SSSR count). The molecule has 3 aromatic rings. The van der Waals surface area contributed by atoms with Gasteiger partial charge in [0, 0.05) is 37.8 Å². The lowest BCUT2D eigenvalue weighted by molar-refractivity contribution is 0.122. The number of rotatable bonds is 8. The van der Waals surface area contributed by atoms with Crippen molar-refractivity contribution in [2.45, 2.75) is 57.3 Å². The van der Waals surface area contributed by atoms with Crippen molar-refractivity contribution in [3.63, 3.8) is 0 Å². The van der Waals surface area contributed by atoms with Crippen molar-refractivity contribution in [1.29, 1.82) is 0 Å². The zero-order valence-electron chi connectivity index (χ0n) is 20.3. The number of nitrogens with one attached hydrogen (secondary N) is 2. The number of hydrogen-bond acceptors (Lipinski definition) is 7. The van der Waals surface area contributed by atoms with E-state index in [4.69, 9.17) is 9.72 Å². The molecule has 194 valence electrons. The largest absolute Gasteiger partial charge is 0.378 e. The Morgan fingerprint density at radius 3 is 2.39 bits per heavy atom. The van der Waals surface area contributed by atoms with Crippen LogP contribution in [0.15, 0.2) is 30.3 Å². The number of imidazole rings is 1. The third-order valence-electron chi connectivity index (χ3n) is 6.79. The summed E-state index contributed by atoms with van der Waals surface area (Å²) < 4.78 is 48.2. The minimum atomic E-state index is -2.76. The van der Waals surface area contributed by atoms with Crippen LogP contribution in [0.3, 0.4) is 0 Å². The van der Waals surface area contributed by atoms with E-state index in [0.717, 1.165) is 25.7 Å². The first-order valence-corrected chi connectivity index (χ1v) is 12.6. The molecule has 1 atom stereocenters. The van der Waals surface area contributed by atoms with Crippen molar-refractivity contribution >= 4 is 22.8 Å². The van der Waals surface area contributed by atoms with Crippen molar-refractivity contribution in [3.05, 3.63) is 36.2 Å². The summed E-state index contributed by atoms with van der Waals surface area (Å²) in [6.45, 7) is 4.39. The topological polar surface area (TPSA) is 80.1 Å². The fourth-order valence-electron chi connectivity index (χ4n) is 4.94. The number of hydrogen-bond donors (Lipinski definition) is 2. The molecule has 1 saturated carbocycles. The van der Waals surface area contributed by atoms with Gasteiger partial charge < -0.3 is 20.3 Å². The van der Waals surface area contributed by atoms with E-state index in [1.807, 2.05) is 0 Å². The van der Waals surface area contributed by atoms with Crippen LogP contribution < -0.4 is 15.5 Å². The van der Waals surface area contributed by atoms with Crippen LogP contribution >= 0.6 is 0 Å². The number of anilines is 2. The lowest BCUT2D eigenvalue weighted by Gasteiger charge is -2.31. The first kappa shape index (κ1) is 24.8. The minimum Gasteiger partial charge on any atom is -0.378 e. The lowest BCUT2D eigenvalue weighted by Crippen LogP contribution is -2.39. The molecule has 0 radical (unpaired) electrons. The van der Waals surface area contributed by atoms with Crippen molar-refractivity contribution in [1.82, 2.24) is 24.8 Å². The summed E-state index contributed by atoms with van der Waals surface area (Å²) >= 11 is 0. The van der Waals surface area contributed by atoms with E-state index in [9.17, 15) is 13.2 Å². The number of ether oxygens (including phenoxy) is 1. The number of morpholine rings is 1. The molecule has 1 aliphatic carbocycles. The Hall–Kier alpha value is -2.92. The van der Waals surface area contributed by atoms with Crippen LogP contribution in [-0.4, -0.2) is 70.6 Å². The van der Waals surface area contributed by atoms with Gasteiger partial charge in [0.2, 0.25) is 5.95 Å². The molecule has 2 fully saturated rings. The Morgan fingerprint density at radius 1 is 0.972 bits per heavy atom. The van der Waals surface area contributed by atoms with Crippen molar-refractivity contribution in [2.24, 2.45) is 0 Å². The highest BCUT2D eigenvalue weighted by Gasteiger charge is 2.25. The molecule has 2 aliphatic rings. The SMILES string of the molecule is CC(F)CN[C@H]1CC[C@H](Nc2nc(N3CCOCC3)cc(-n3c(C(F)F)nc4ccccc43)n2)CC1. The number of fused-ring (bicyclic) bond motifs is 1. The van der Waals surface area contributed by atoms with Crippen molar-refractivity contribution in [2.75, 3.05) is 43.1 Å². The molecule has 36 heavy (non-hydrogen) atoms. The Labute approximate surface area is 208 Å². The number of alkyl halides is 3. The molecule has 11 heteroatoms. The van der Waals surface area contributed by atoms with Crippen LogP contribution in [0.2, 0.25) is 0 Å². The van der Waals surface area contributed by atoms with Gasteiger partial charge in [-0.1, -0.05) is 12.1 Å². The van der Waals surface area contributed by atoms with E-state index in [1.54, 1.807) is 37.3 Å². The first-order valence-electron chi connectivity index (χ1n) is 12.6. The fourth-order valence-corrected chi connectivity index (χ4v) is 4.94. The molecule has 2 N–H and O–H groups in total. The molecule has 1 unspecified atom stereocenters. The highest BCUT2D eigenvalue weighted by Crippen LogP contribution is 2.30. The third kappa shape index (κ3) is 5.57. The van der Waals surface area contributed by atoms with Gasteiger partial charge >= 0.3 is 0 Å². The second-order valence-corrected chi connectivity index (χ2v) is 9.48. The molecular formula is C25H32F3N7O. The second kappa shape index (κ2) is 11.0. The van der Waals surface area contributed by atoms with Gasteiger partial charge in [-0.3, -0.25) is 4.57 Å². The maximum atomic E-state index is 14.0. The molecule has 8 nitrogen and oxygen atoms in total. The van der Waals surface area contributed by atoms with Crippen LogP contribution in [-0.2, 0) is 4.74 Å². The maximum Gasteiger partial charge on any atom is 0.296 e. The van der Waals surface area contributed by atoms with Crippen LogP contribution in [0.5, 0.6) is 0 Å². The van der Waals surface area contributed by atoms with E-state index in [-0.39, 0.29) is 11.9 Å². The molecule has 0 amide bonds. The van der Waals surface area contributed by atoms with Gasteiger partial charge in [-0.15, -0.1) is 0 Å². The van der Waals surface area contributed by atoms with Gasteiger partial charge in [0.05, 0.1) is 24.2 Å². The number of para-hydroxylation sites is 2. The normalized spacial score (nSPS) is 21.8. The zero-order chi connectivity index (χ0) is 25.1. The Morgan fingerprint density at radius 2 is 1.67 bits per heavy atom. The molecule has 0 bridgehead atoms. The Balaban J connectivity index is 1.45. The lowest BCUT2D eigenvalue weighted by atomic mass is 9.91. The smallest absolute Gasteiger partial charge is 0.296 e. The quantitative estimate of drug-likeness (QED) is 0.476. The maximum absolute atomic E-state index is 14.0. The van der Waals surface area contributed by atoms with Gasteiger partial charge in [0.1, 0.15) is 17.8 Å². The summed E-state index contributed by atoms with van der Waals surface area (Å²) in [5.41, 5.74) is 1.06. The van der Waals surface area contributed by atoms with E-state index in [0.29, 0.717) is 67.5 Å². The van der Waals surface area contributed by atoms with E-state index in [1.165, 1.54) is 4.57 Å². The summed E-state index contributed by atoms with van der Waals surface area (Å²) in [4.78, 5) is 15.7. The number of halogens is 3. The highest BCUT2D eigenvalue weighted by atomic mass is 19.3. The Kier molecular flexibility index (Phi) is 7.56. The van der Waals surface area contributed by atoms with Gasteiger partial charge in [0.25, 0.3) is 6.43 Å². The fraction of sp³-hybridized carbons (Fsp3) is 0.560. The molecule has 2 aromatic heterocycles. The van der Waals surface area contributed by atoms with Crippen LogP contribution in [0.25, 0.3) is 16.9 Å². The number of nitrogens with zero attached hydrogens (tertiary/aromatic N) is 5. The van der Waals surface area contributed by atoms with Crippen LogP contribution in [0.1, 0.15) is 44.9 Å². The number of aromatic nitrogens is 4. The van der Waals surface area contributed by atoms with Gasteiger partial charge in [-0.05, 0) is 44.7 Å². The Bertz CT molecular complexity index is 1160. The molecule has 0 spiro atoms. The van der Waals surface area contributed by atoms with Gasteiger partial charge in [-0.25, -0.2) is 18.2 Å². The predicted octanol–water partition coefficient (Wildman–Crippen LogP) is 4.26. The summed E-state index contributed by atoms with van der Waals surface area (Å²) in [6, 6.07) is 9.25. The standard InChI is InChI=1S/C25H32F3N7O/c1-16(26)15-29-17-6-8-18(9-7-17)30-25-32-21(34-10-12-36-13-11-34)14-22(33-25)35-20-5-3-2-4-19(20)31-24(35)23(27)28/h2-5,14,16-18,23,29H,6-13,15H2,1H3,(H,30,32,33)/t16?,17-,18-. The molecule has 3 heterocycles. The molecule has 1 aliphatic heterocycles. The van der Waals surface area contributed by atoms with Crippen LogP contribution in [0, 0.1) is 0 Å². The van der Waals surface area contributed by atoms with E-state index < -0.39 is 12.6 Å². The summed E-state index contributed by atoms with van der Waals surface area (Å²) in [6.07, 6.45) is -0.0209. The highest BCUT2D eigenvalue weighted by molar-refractivity contribution is 5.78. The van der Waals surface area contributed by atoms with Gasteiger partial charge in [0.15, 0.2) is 5.82 Å². The van der Waals surface area contributed by atoms with Crippen LogP contribution in [0.4, 0.5) is 24.9 Å². The number of benzene rings is 1. The molecule has 1 aromatic carbocycles. The zero-order valence-corrected chi connectivity index (χ0v) is 20.3. The average molecular weight is 504 g/mol. The van der Waals surface area contributed by atoms with Gasteiger partial charge in [-0.2, -0.15) is 9.97 Å². The summed E-state index contributed by atoms with van der Waals surface area (Å²) in [5, 5.41) is 6.73.